The molecule has 0 spiro atoms. The van der Waals surface area contributed by atoms with Crippen LogP contribution in [0.25, 0.3) is 0 Å². The lowest BCUT2D eigenvalue weighted by Gasteiger charge is -2.30. The van der Waals surface area contributed by atoms with E-state index in [9.17, 15) is 19.2 Å². The second kappa shape index (κ2) is 11.3. The largest absolute Gasteiger partial charge is 0.442 e. The molecule has 1 fully saturated rings. The van der Waals surface area contributed by atoms with Gasteiger partial charge in [-0.3, -0.25) is 19.8 Å². The molecule has 10 nitrogen and oxygen atoms in total. The van der Waals surface area contributed by atoms with Crippen molar-refractivity contribution in [2.75, 3.05) is 13.1 Å². The van der Waals surface area contributed by atoms with E-state index in [2.05, 4.69) is 15.9 Å². The van der Waals surface area contributed by atoms with Gasteiger partial charge in [-0.05, 0) is 46.5 Å². The summed E-state index contributed by atoms with van der Waals surface area (Å²) >= 11 is 0. The van der Waals surface area contributed by atoms with E-state index in [4.69, 9.17) is 9.26 Å². The highest BCUT2D eigenvalue weighted by molar-refractivity contribution is 5.97. The van der Waals surface area contributed by atoms with Crippen LogP contribution in [0.3, 0.4) is 0 Å². The summed E-state index contributed by atoms with van der Waals surface area (Å²) < 4.78 is 10.4. The molecule has 0 radical (unpaired) electrons. The summed E-state index contributed by atoms with van der Waals surface area (Å²) in [7, 11) is 0. The van der Waals surface area contributed by atoms with E-state index < -0.39 is 29.4 Å². The Morgan fingerprint density at radius 1 is 1.30 bits per heavy atom. The van der Waals surface area contributed by atoms with Gasteiger partial charge in [0.05, 0.1) is 12.5 Å². The first-order valence-corrected chi connectivity index (χ1v) is 11.4. The molecule has 184 valence electrons. The van der Waals surface area contributed by atoms with E-state index in [1.807, 2.05) is 13.8 Å². The fourth-order valence-electron chi connectivity index (χ4n) is 3.43. The Morgan fingerprint density at radius 2 is 2.00 bits per heavy atom. The number of hydrogen-bond donors (Lipinski definition) is 2. The second-order valence-corrected chi connectivity index (χ2v) is 9.96. The van der Waals surface area contributed by atoms with Gasteiger partial charge in [-0.2, -0.15) is 0 Å². The monoisotopic (exact) mass is 464 g/mol. The topological polar surface area (TPSA) is 131 Å². The SMILES string of the molecule is Cc1cc(C(=O)C[C@@H](CCC(C)C)C(=O)NN(C[C@@H]2CCNC2=O)C(=O)OC(C)(C)C)no1. The highest BCUT2D eigenvalue weighted by Gasteiger charge is 2.33. The van der Waals surface area contributed by atoms with E-state index in [1.54, 1.807) is 27.7 Å². The van der Waals surface area contributed by atoms with Crippen molar-refractivity contribution in [3.8, 4) is 0 Å². The highest BCUT2D eigenvalue weighted by Crippen LogP contribution is 2.20. The predicted molar refractivity (Wildman–Crippen MR) is 120 cm³/mol. The van der Waals surface area contributed by atoms with Gasteiger partial charge >= 0.3 is 6.09 Å². The van der Waals surface area contributed by atoms with Gasteiger partial charge in [0, 0.05) is 24.9 Å². The minimum Gasteiger partial charge on any atom is -0.442 e. The normalized spacial score (nSPS) is 16.9. The lowest BCUT2D eigenvalue weighted by Crippen LogP contribution is -2.52. The fraction of sp³-hybridized carbons (Fsp3) is 0.696. The summed E-state index contributed by atoms with van der Waals surface area (Å²) in [6.45, 7) is 11.4. The highest BCUT2D eigenvalue weighted by atomic mass is 16.6. The van der Waals surface area contributed by atoms with E-state index >= 15 is 0 Å². The Kier molecular flexibility index (Phi) is 9.01. The lowest BCUT2D eigenvalue weighted by atomic mass is 9.92. The number of aryl methyl sites for hydroxylation is 1. The summed E-state index contributed by atoms with van der Waals surface area (Å²) in [5.41, 5.74) is 2.00. The molecule has 3 amide bonds. The van der Waals surface area contributed by atoms with Crippen LogP contribution in [-0.4, -0.2) is 52.5 Å². The molecule has 2 rings (SSSR count). The van der Waals surface area contributed by atoms with Gasteiger partial charge in [0.15, 0.2) is 5.78 Å². The number of hydrazine groups is 1. The number of carbonyl (C=O) groups is 4. The molecule has 2 heterocycles. The molecule has 0 bridgehead atoms. The standard InChI is InChI=1S/C23H36N4O6/c1-14(2)7-8-16(12-19(28)18-11-15(3)33-26-18)21(30)25-27(22(31)32-23(4,5)6)13-17-9-10-24-20(17)29/h11,14,16-17H,7-10,12-13H2,1-6H3,(H,24,29)(H,25,30)/t16-,17+/m1/s1. The number of nitrogens with zero attached hydrogens (tertiary/aromatic N) is 2. The van der Waals surface area contributed by atoms with Crippen molar-refractivity contribution in [1.82, 2.24) is 20.9 Å². The minimum atomic E-state index is -0.782. The Hall–Kier alpha value is -2.91. The number of ether oxygens (including phenoxy) is 1. The van der Waals surface area contributed by atoms with Crippen molar-refractivity contribution in [3.63, 3.8) is 0 Å². The van der Waals surface area contributed by atoms with Gasteiger partial charge in [-0.1, -0.05) is 25.4 Å². The Morgan fingerprint density at radius 3 is 2.52 bits per heavy atom. The molecule has 0 aromatic carbocycles. The Labute approximate surface area is 194 Å². The molecule has 10 heteroatoms. The second-order valence-electron chi connectivity index (χ2n) is 9.96. The van der Waals surface area contributed by atoms with E-state index in [-0.39, 0.29) is 30.3 Å². The zero-order valence-corrected chi connectivity index (χ0v) is 20.4. The summed E-state index contributed by atoms with van der Waals surface area (Å²) in [6, 6.07) is 1.53. The molecular weight excluding hydrogens is 428 g/mol. The maximum Gasteiger partial charge on any atom is 0.429 e. The molecule has 1 aliphatic heterocycles. The predicted octanol–water partition coefficient (Wildman–Crippen LogP) is 3.01. The number of aromatic nitrogens is 1. The lowest BCUT2D eigenvalue weighted by molar-refractivity contribution is -0.132. The molecule has 0 unspecified atom stereocenters. The van der Waals surface area contributed by atoms with Gasteiger partial charge in [-0.15, -0.1) is 0 Å². The first-order chi connectivity index (χ1) is 15.4. The zero-order valence-electron chi connectivity index (χ0n) is 20.4. The average Bonchev–Trinajstić information content (AvgIpc) is 3.31. The van der Waals surface area contributed by atoms with Crippen LogP contribution in [0.15, 0.2) is 10.6 Å². The molecule has 0 saturated carbocycles. The van der Waals surface area contributed by atoms with E-state index in [1.165, 1.54) is 6.07 Å². The molecule has 1 aromatic heterocycles. The van der Waals surface area contributed by atoms with Crippen LogP contribution in [-0.2, 0) is 14.3 Å². The number of amides is 3. The third-order valence-electron chi connectivity index (χ3n) is 5.23. The molecule has 2 atom stereocenters. The van der Waals surface area contributed by atoms with Gasteiger partial charge in [0.2, 0.25) is 11.8 Å². The van der Waals surface area contributed by atoms with Crippen molar-refractivity contribution in [2.45, 2.75) is 72.8 Å². The number of nitrogens with one attached hydrogen (secondary N) is 2. The quantitative estimate of drug-likeness (QED) is 0.424. The third kappa shape index (κ3) is 8.51. The van der Waals surface area contributed by atoms with Gasteiger partial charge < -0.3 is 14.6 Å². The smallest absolute Gasteiger partial charge is 0.429 e. The zero-order chi connectivity index (χ0) is 24.8. The van der Waals surface area contributed by atoms with Crippen molar-refractivity contribution < 1.29 is 28.4 Å². The molecule has 1 aromatic rings. The van der Waals surface area contributed by atoms with Crippen LogP contribution < -0.4 is 10.7 Å². The number of rotatable bonds is 9. The van der Waals surface area contributed by atoms with Gasteiger partial charge in [0.25, 0.3) is 0 Å². The van der Waals surface area contributed by atoms with E-state index in [0.717, 1.165) is 11.4 Å². The fourth-order valence-corrected chi connectivity index (χ4v) is 3.43. The number of ketones is 1. The summed E-state index contributed by atoms with van der Waals surface area (Å²) in [5, 5.41) is 7.52. The van der Waals surface area contributed by atoms with Crippen molar-refractivity contribution in [3.05, 3.63) is 17.5 Å². The van der Waals surface area contributed by atoms with Crippen LogP contribution in [0.1, 0.15) is 76.6 Å². The number of carbonyl (C=O) groups excluding carboxylic acids is 4. The molecule has 1 aliphatic rings. The van der Waals surface area contributed by atoms with Crippen molar-refractivity contribution in [1.29, 1.82) is 0 Å². The summed E-state index contributed by atoms with van der Waals surface area (Å²) in [6.07, 6.45) is 0.904. The number of hydrogen-bond acceptors (Lipinski definition) is 7. The van der Waals surface area contributed by atoms with Crippen LogP contribution in [0.4, 0.5) is 4.79 Å². The summed E-state index contributed by atoms with van der Waals surface area (Å²) in [5.74, 6) is -1.26. The van der Waals surface area contributed by atoms with Crippen LogP contribution >= 0.6 is 0 Å². The maximum absolute atomic E-state index is 13.2. The van der Waals surface area contributed by atoms with Crippen molar-refractivity contribution in [2.24, 2.45) is 17.8 Å². The molecule has 0 aliphatic carbocycles. The van der Waals surface area contributed by atoms with E-state index in [0.29, 0.717) is 31.1 Å². The van der Waals surface area contributed by atoms with Crippen LogP contribution in [0.2, 0.25) is 0 Å². The summed E-state index contributed by atoms with van der Waals surface area (Å²) in [4.78, 5) is 50.7. The first-order valence-electron chi connectivity index (χ1n) is 11.4. The average molecular weight is 465 g/mol. The Balaban J connectivity index is 2.17. The van der Waals surface area contributed by atoms with Crippen LogP contribution in [0, 0.1) is 24.7 Å². The van der Waals surface area contributed by atoms with Gasteiger partial charge in [0.1, 0.15) is 17.1 Å². The Bertz CT molecular complexity index is 857. The third-order valence-corrected chi connectivity index (χ3v) is 5.23. The molecular formula is C23H36N4O6. The first kappa shape index (κ1) is 26.3. The minimum absolute atomic E-state index is 0.0141. The van der Waals surface area contributed by atoms with Crippen LogP contribution in [0.5, 0.6) is 0 Å². The molecule has 33 heavy (non-hydrogen) atoms. The molecule has 1 saturated heterocycles. The van der Waals surface area contributed by atoms with Crippen molar-refractivity contribution >= 4 is 23.7 Å². The van der Waals surface area contributed by atoms with Gasteiger partial charge in [-0.25, -0.2) is 9.80 Å². The maximum atomic E-state index is 13.2. The molecule has 2 N–H and O–H groups in total. The number of Topliss-reactive ketones (excluding diaryl/α,β-unsaturated/α-hetero) is 1.